The Kier molecular flexibility index (Phi) is 5.20. The van der Waals surface area contributed by atoms with E-state index >= 15 is 0 Å². The molecule has 0 spiro atoms. The lowest BCUT2D eigenvalue weighted by Crippen LogP contribution is -2.29. The van der Waals surface area contributed by atoms with E-state index in [-0.39, 0.29) is 11.3 Å². The van der Waals surface area contributed by atoms with E-state index in [1.807, 2.05) is 0 Å². The molecule has 1 heterocycles. The first-order valence-corrected chi connectivity index (χ1v) is 7.84. The fraction of sp³-hybridized carbons (Fsp3) is 0.167. The topological polar surface area (TPSA) is 100 Å². The maximum Gasteiger partial charge on any atom is 0.328 e. The molecule has 27 heavy (non-hydrogen) atoms. The van der Waals surface area contributed by atoms with Crippen LogP contribution in [0.5, 0.6) is 5.75 Å². The maximum atomic E-state index is 13.6. The van der Waals surface area contributed by atoms with Gasteiger partial charge in [-0.15, -0.1) is 5.10 Å². The second-order valence-corrected chi connectivity index (χ2v) is 5.50. The van der Waals surface area contributed by atoms with Crippen molar-refractivity contribution in [2.45, 2.75) is 6.54 Å². The molecule has 3 aromatic rings. The molecule has 0 aliphatic carbocycles. The number of fused-ring (bicyclic) bond motifs is 1. The number of ether oxygens (including phenoxy) is 2. The highest BCUT2D eigenvalue weighted by Gasteiger charge is 2.15. The van der Waals surface area contributed by atoms with Crippen LogP contribution in [0, 0.1) is 5.82 Å². The van der Waals surface area contributed by atoms with Crippen molar-refractivity contribution in [1.82, 2.24) is 15.0 Å². The Hall–Kier alpha value is -3.62. The fourth-order valence-electron chi connectivity index (χ4n) is 2.36. The number of hydrogen-bond acceptors (Lipinski definition) is 7. The summed E-state index contributed by atoms with van der Waals surface area (Å²) >= 11 is 0. The van der Waals surface area contributed by atoms with Crippen LogP contribution < -0.4 is 10.3 Å². The first-order chi connectivity index (χ1) is 13.0. The number of rotatable bonds is 6. The molecule has 0 radical (unpaired) electrons. The van der Waals surface area contributed by atoms with Gasteiger partial charge in [0, 0.05) is 5.56 Å². The van der Waals surface area contributed by atoms with Crippen LogP contribution in [-0.2, 0) is 16.1 Å². The number of methoxy groups -OCH3 is 1. The lowest BCUT2D eigenvalue weighted by atomic mass is 10.1. The molecule has 138 valence electrons. The van der Waals surface area contributed by atoms with Crippen molar-refractivity contribution in [2.24, 2.45) is 0 Å². The summed E-state index contributed by atoms with van der Waals surface area (Å²) in [6.07, 6.45) is 0. The van der Waals surface area contributed by atoms with Crippen molar-refractivity contribution in [3.63, 3.8) is 0 Å². The molecule has 0 unspecified atom stereocenters. The summed E-state index contributed by atoms with van der Waals surface area (Å²) in [5, 5.41) is 7.83. The summed E-state index contributed by atoms with van der Waals surface area (Å²) < 4.78 is 24.1. The van der Waals surface area contributed by atoms with Gasteiger partial charge in [-0.2, -0.15) is 4.68 Å². The molecule has 0 amide bonds. The number of carbonyl (C=O) groups is 2. The molecule has 1 aromatic heterocycles. The standard InChI is InChI=1S/C18H14FN3O5/c1-26-16-7-6-11(8-13(16)19)15(23)10-27-17(24)9-22-18(25)12-4-2-3-5-14(12)20-21-22/h2-8H,9-10H2,1H3. The van der Waals surface area contributed by atoms with Crippen molar-refractivity contribution < 1.29 is 23.5 Å². The van der Waals surface area contributed by atoms with E-state index in [2.05, 4.69) is 10.3 Å². The molecular formula is C18H14FN3O5. The van der Waals surface area contributed by atoms with Gasteiger partial charge in [-0.05, 0) is 30.3 Å². The number of Topliss-reactive ketones (excluding diaryl/α,β-unsaturated/α-hetero) is 1. The van der Waals surface area contributed by atoms with Gasteiger partial charge < -0.3 is 9.47 Å². The van der Waals surface area contributed by atoms with Crippen LogP contribution in [0.25, 0.3) is 10.9 Å². The molecule has 0 saturated heterocycles. The number of carbonyl (C=O) groups excluding carboxylic acids is 2. The van der Waals surface area contributed by atoms with Crippen LogP contribution in [0.1, 0.15) is 10.4 Å². The quantitative estimate of drug-likeness (QED) is 0.476. The fourth-order valence-corrected chi connectivity index (χ4v) is 2.36. The minimum atomic E-state index is -0.844. The first kappa shape index (κ1) is 18.2. The van der Waals surface area contributed by atoms with Gasteiger partial charge in [0.1, 0.15) is 12.1 Å². The molecule has 0 N–H and O–H groups in total. The normalized spacial score (nSPS) is 10.6. The third-order valence-electron chi connectivity index (χ3n) is 3.75. The summed E-state index contributed by atoms with van der Waals surface area (Å²) in [6, 6.07) is 10.2. The second-order valence-electron chi connectivity index (χ2n) is 5.50. The number of aromatic nitrogens is 3. The molecule has 8 nitrogen and oxygen atoms in total. The summed E-state index contributed by atoms with van der Waals surface area (Å²) in [6.45, 7) is -1.10. The van der Waals surface area contributed by atoms with E-state index in [0.717, 1.165) is 10.7 Å². The third kappa shape index (κ3) is 3.97. The number of hydrogen-bond donors (Lipinski definition) is 0. The summed E-state index contributed by atoms with van der Waals surface area (Å²) in [7, 11) is 1.30. The lowest BCUT2D eigenvalue weighted by Gasteiger charge is -2.07. The van der Waals surface area contributed by atoms with Gasteiger partial charge in [0.25, 0.3) is 5.56 Å². The van der Waals surface area contributed by atoms with Crippen LogP contribution in [0.4, 0.5) is 4.39 Å². The number of benzene rings is 2. The first-order valence-electron chi connectivity index (χ1n) is 7.84. The Balaban J connectivity index is 1.65. The molecule has 9 heteroatoms. The molecule has 0 fully saturated rings. The highest BCUT2D eigenvalue weighted by Crippen LogP contribution is 2.18. The van der Waals surface area contributed by atoms with E-state index in [0.29, 0.717) is 10.9 Å². The third-order valence-corrected chi connectivity index (χ3v) is 3.75. The maximum absolute atomic E-state index is 13.6. The Morgan fingerprint density at radius 3 is 2.70 bits per heavy atom. The molecule has 0 aliphatic heterocycles. The van der Waals surface area contributed by atoms with E-state index in [1.54, 1.807) is 24.3 Å². The van der Waals surface area contributed by atoms with Gasteiger partial charge in [0.2, 0.25) is 0 Å². The number of esters is 1. The number of halogens is 1. The predicted molar refractivity (Wildman–Crippen MR) is 92.0 cm³/mol. The van der Waals surface area contributed by atoms with Crippen LogP contribution >= 0.6 is 0 Å². The van der Waals surface area contributed by atoms with Gasteiger partial charge in [0.15, 0.2) is 24.0 Å². The lowest BCUT2D eigenvalue weighted by molar-refractivity contribution is -0.143. The van der Waals surface area contributed by atoms with Crippen LogP contribution in [0.2, 0.25) is 0 Å². The molecule has 0 aliphatic rings. The SMILES string of the molecule is COc1ccc(C(=O)COC(=O)Cn2nnc3ccccc3c2=O)cc1F. The smallest absolute Gasteiger partial charge is 0.328 e. The average Bonchev–Trinajstić information content (AvgIpc) is 2.68. The summed E-state index contributed by atoms with van der Waals surface area (Å²) in [4.78, 5) is 36.2. The van der Waals surface area contributed by atoms with Gasteiger partial charge in [-0.3, -0.25) is 14.4 Å². The zero-order chi connectivity index (χ0) is 19.4. The largest absolute Gasteiger partial charge is 0.494 e. The Bertz CT molecular complexity index is 1080. The van der Waals surface area contributed by atoms with Crippen molar-refractivity contribution in [2.75, 3.05) is 13.7 Å². The average molecular weight is 371 g/mol. The van der Waals surface area contributed by atoms with Crippen molar-refractivity contribution in [3.05, 3.63) is 64.2 Å². The number of nitrogens with zero attached hydrogens (tertiary/aromatic N) is 3. The number of ketones is 1. The van der Waals surface area contributed by atoms with E-state index in [4.69, 9.17) is 9.47 Å². The van der Waals surface area contributed by atoms with E-state index in [1.165, 1.54) is 19.2 Å². The molecule has 0 saturated carbocycles. The molecule has 0 atom stereocenters. The minimum Gasteiger partial charge on any atom is -0.494 e. The van der Waals surface area contributed by atoms with Gasteiger partial charge >= 0.3 is 5.97 Å². The molecule has 2 aromatic carbocycles. The van der Waals surface area contributed by atoms with E-state index < -0.39 is 36.3 Å². The van der Waals surface area contributed by atoms with Crippen molar-refractivity contribution in [1.29, 1.82) is 0 Å². The summed E-state index contributed by atoms with van der Waals surface area (Å²) in [5.41, 5.74) is -0.0614. The minimum absolute atomic E-state index is 0.00204. The zero-order valence-electron chi connectivity index (χ0n) is 14.2. The Morgan fingerprint density at radius 1 is 1.19 bits per heavy atom. The van der Waals surface area contributed by atoms with Gasteiger partial charge in [-0.1, -0.05) is 17.3 Å². The highest BCUT2D eigenvalue weighted by atomic mass is 19.1. The second kappa shape index (κ2) is 7.73. The molecule has 3 rings (SSSR count). The zero-order valence-corrected chi connectivity index (χ0v) is 14.2. The van der Waals surface area contributed by atoms with E-state index in [9.17, 15) is 18.8 Å². The van der Waals surface area contributed by atoms with Gasteiger partial charge in [0.05, 0.1) is 12.5 Å². The van der Waals surface area contributed by atoms with Crippen LogP contribution in [-0.4, -0.2) is 40.5 Å². The Morgan fingerprint density at radius 2 is 1.96 bits per heavy atom. The monoisotopic (exact) mass is 371 g/mol. The molecule has 0 bridgehead atoms. The highest BCUT2D eigenvalue weighted by molar-refractivity contribution is 5.98. The van der Waals surface area contributed by atoms with Crippen molar-refractivity contribution in [3.8, 4) is 5.75 Å². The van der Waals surface area contributed by atoms with Crippen LogP contribution in [0.15, 0.2) is 47.3 Å². The summed E-state index contributed by atoms with van der Waals surface area (Å²) in [5.74, 6) is -2.14. The van der Waals surface area contributed by atoms with Crippen LogP contribution in [0.3, 0.4) is 0 Å². The predicted octanol–water partition coefficient (Wildman–Crippen LogP) is 1.37. The Labute approximate surface area is 152 Å². The molecular weight excluding hydrogens is 357 g/mol. The van der Waals surface area contributed by atoms with Gasteiger partial charge in [-0.25, -0.2) is 4.39 Å². The van der Waals surface area contributed by atoms with Crippen molar-refractivity contribution >= 4 is 22.7 Å².